The van der Waals surface area contributed by atoms with Crippen LogP contribution in [0.25, 0.3) is 0 Å². The highest BCUT2D eigenvalue weighted by Crippen LogP contribution is 2.24. The summed E-state index contributed by atoms with van der Waals surface area (Å²) < 4.78 is 35.9. The molecular weight excluding hydrogens is 205 g/mol. The smallest absolute Gasteiger partial charge is 0.310 e. The third-order valence-corrected chi connectivity index (χ3v) is 2.85. The van der Waals surface area contributed by atoms with E-state index in [4.69, 9.17) is 0 Å². The van der Waals surface area contributed by atoms with Gasteiger partial charge in [0.05, 0.1) is 6.54 Å². The zero-order chi connectivity index (χ0) is 11.4. The zero-order valence-corrected chi connectivity index (χ0v) is 9.08. The van der Waals surface area contributed by atoms with Crippen LogP contribution in [0.4, 0.5) is 13.2 Å². The Balaban J connectivity index is 2.32. The molecule has 5 heteroatoms. The van der Waals surface area contributed by atoms with E-state index in [1.807, 2.05) is 0 Å². The van der Waals surface area contributed by atoms with Gasteiger partial charge in [-0.25, -0.2) is 0 Å². The van der Waals surface area contributed by atoms with Crippen molar-refractivity contribution in [3.05, 3.63) is 0 Å². The summed E-state index contributed by atoms with van der Waals surface area (Å²) in [5.74, 6) is 0. The molecule has 0 radical (unpaired) electrons. The van der Waals surface area contributed by atoms with Gasteiger partial charge >= 0.3 is 6.18 Å². The van der Waals surface area contributed by atoms with Crippen molar-refractivity contribution in [3.63, 3.8) is 0 Å². The summed E-state index contributed by atoms with van der Waals surface area (Å²) in [5, 5.41) is 5.83. The first-order chi connectivity index (χ1) is 6.97. The summed E-state index contributed by atoms with van der Waals surface area (Å²) >= 11 is 0. The molecule has 0 aliphatic carbocycles. The predicted molar refractivity (Wildman–Crippen MR) is 53.8 cm³/mol. The Hall–Kier alpha value is -0.290. The van der Waals surface area contributed by atoms with Crippen molar-refractivity contribution in [1.29, 1.82) is 0 Å². The summed E-state index contributed by atoms with van der Waals surface area (Å²) in [6.45, 7) is 2.51. The van der Waals surface area contributed by atoms with Crippen LogP contribution < -0.4 is 10.6 Å². The number of alkyl halides is 3. The van der Waals surface area contributed by atoms with Crippen LogP contribution in [-0.4, -0.2) is 31.3 Å². The first kappa shape index (κ1) is 12.8. The van der Waals surface area contributed by atoms with Gasteiger partial charge in [0.2, 0.25) is 0 Å². The molecule has 0 aromatic heterocycles. The Morgan fingerprint density at radius 2 is 2.13 bits per heavy atom. The molecule has 1 aliphatic heterocycles. The fourth-order valence-electron chi connectivity index (χ4n) is 2.24. The zero-order valence-electron chi connectivity index (χ0n) is 9.08. The second kappa shape index (κ2) is 5.16. The highest BCUT2D eigenvalue weighted by molar-refractivity contribution is 4.94. The van der Waals surface area contributed by atoms with Gasteiger partial charge in [0, 0.05) is 12.1 Å². The van der Waals surface area contributed by atoms with E-state index in [-0.39, 0.29) is 5.54 Å². The molecule has 1 fully saturated rings. The third kappa shape index (κ3) is 4.38. The van der Waals surface area contributed by atoms with Crippen molar-refractivity contribution in [3.8, 4) is 0 Å². The van der Waals surface area contributed by atoms with Gasteiger partial charge < -0.3 is 10.6 Å². The molecule has 0 bridgehead atoms. The van der Waals surface area contributed by atoms with Crippen LogP contribution in [0.2, 0.25) is 0 Å². The Morgan fingerprint density at radius 1 is 1.40 bits per heavy atom. The SMILES string of the molecule is CCCC1(CNCC(F)(F)F)CCCN1. The third-order valence-electron chi connectivity index (χ3n) is 2.85. The number of rotatable bonds is 5. The van der Waals surface area contributed by atoms with Crippen LogP contribution in [0.15, 0.2) is 0 Å². The highest BCUT2D eigenvalue weighted by Gasteiger charge is 2.34. The summed E-state index contributed by atoms with van der Waals surface area (Å²) in [5.41, 5.74) is -0.0972. The maximum absolute atomic E-state index is 12.0. The molecule has 1 aliphatic rings. The fraction of sp³-hybridized carbons (Fsp3) is 1.00. The van der Waals surface area contributed by atoms with Crippen molar-refractivity contribution in [1.82, 2.24) is 10.6 Å². The monoisotopic (exact) mass is 224 g/mol. The molecule has 15 heavy (non-hydrogen) atoms. The first-order valence-electron chi connectivity index (χ1n) is 5.50. The van der Waals surface area contributed by atoms with E-state index in [0.717, 1.165) is 32.2 Å². The average molecular weight is 224 g/mol. The minimum atomic E-state index is -4.11. The number of halogens is 3. The van der Waals surface area contributed by atoms with Crippen molar-refractivity contribution < 1.29 is 13.2 Å². The van der Waals surface area contributed by atoms with Gasteiger partial charge in [-0.2, -0.15) is 13.2 Å². The molecule has 1 atom stereocenters. The van der Waals surface area contributed by atoms with E-state index in [9.17, 15) is 13.2 Å². The van der Waals surface area contributed by atoms with E-state index in [1.165, 1.54) is 0 Å². The van der Waals surface area contributed by atoms with Crippen molar-refractivity contribution >= 4 is 0 Å². The molecule has 1 heterocycles. The molecule has 0 saturated carbocycles. The van der Waals surface area contributed by atoms with Gasteiger partial charge in [-0.3, -0.25) is 0 Å². The standard InChI is InChI=1S/C10H19F3N2/c1-2-4-9(5-3-6-15-9)7-14-8-10(11,12)13/h14-15H,2-8H2,1H3. The lowest BCUT2D eigenvalue weighted by Gasteiger charge is -2.29. The van der Waals surface area contributed by atoms with Crippen LogP contribution in [0.3, 0.4) is 0 Å². The topological polar surface area (TPSA) is 24.1 Å². The molecular formula is C10H19F3N2. The Morgan fingerprint density at radius 3 is 2.60 bits per heavy atom. The van der Waals surface area contributed by atoms with Crippen LogP contribution >= 0.6 is 0 Å². The van der Waals surface area contributed by atoms with Gasteiger partial charge in [0.15, 0.2) is 0 Å². The van der Waals surface area contributed by atoms with E-state index < -0.39 is 12.7 Å². The number of nitrogens with one attached hydrogen (secondary N) is 2. The van der Waals surface area contributed by atoms with Crippen LogP contribution in [0.1, 0.15) is 32.6 Å². The molecule has 1 saturated heterocycles. The minimum absolute atomic E-state index is 0.0972. The maximum atomic E-state index is 12.0. The first-order valence-corrected chi connectivity index (χ1v) is 5.50. The fourth-order valence-corrected chi connectivity index (χ4v) is 2.24. The van der Waals surface area contributed by atoms with Crippen LogP contribution in [-0.2, 0) is 0 Å². The Kier molecular flexibility index (Phi) is 4.40. The molecule has 90 valence electrons. The van der Waals surface area contributed by atoms with E-state index in [2.05, 4.69) is 17.6 Å². The van der Waals surface area contributed by atoms with Gasteiger partial charge in [0.1, 0.15) is 0 Å². The maximum Gasteiger partial charge on any atom is 0.401 e. The van der Waals surface area contributed by atoms with Crippen molar-refractivity contribution in [2.75, 3.05) is 19.6 Å². The molecule has 1 rings (SSSR count). The molecule has 0 aromatic rings. The predicted octanol–water partition coefficient (Wildman–Crippen LogP) is 2.06. The molecule has 1 unspecified atom stereocenters. The van der Waals surface area contributed by atoms with E-state index in [0.29, 0.717) is 6.54 Å². The number of hydrogen-bond acceptors (Lipinski definition) is 2. The Labute approximate surface area is 88.6 Å². The quantitative estimate of drug-likeness (QED) is 0.747. The molecule has 2 nitrogen and oxygen atoms in total. The van der Waals surface area contributed by atoms with E-state index >= 15 is 0 Å². The summed E-state index contributed by atoms with van der Waals surface area (Å²) in [4.78, 5) is 0. The lowest BCUT2D eigenvalue weighted by Crippen LogP contribution is -2.49. The van der Waals surface area contributed by atoms with Gasteiger partial charge in [-0.15, -0.1) is 0 Å². The van der Waals surface area contributed by atoms with Crippen molar-refractivity contribution in [2.24, 2.45) is 0 Å². The highest BCUT2D eigenvalue weighted by atomic mass is 19.4. The molecule has 0 spiro atoms. The summed E-state index contributed by atoms with van der Waals surface area (Å²) in [6.07, 6.45) is -0.121. The summed E-state index contributed by atoms with van der Waals surface area (Å²) in [6, 6.07) is 0. The molecule has 0 amide bonds. The lowest BCUT2D eigenvalue weighted by atomic mass is 9.92. The second-order valence-corrected chi connectivity index (χ2v) is 4.28. The average Bonchev–Trinajstić information content (AvgIpc) is 2.52. The second-order valence-electron chi connectivity index (χ2n) is 4.28. The van der Waals surface area contributed by atoms with Gasteiger partial charge in [0.25, 0.3) is 0 Å². The van der Waals surface area contributed by atoms with E-state index in [1.54, 1.807) is 0 Å². The van der Waals surface area contributed by atoms with Crippen LogP contribution in [0, 0.1) is 0 Å². The number of hydrogen-bond donors (Lipinski definition) is 2. The van der Waals surface area contributed by atoms with Crippen LogP contribution in [0.5, 0.6) is 0 Å². The minimum Gasteiger partial charge on any atom is -0.310 e. The normalized spacial score (nSPS) is 27.2. The van der Waals surface area contributed by atoms with Crippen molar-refractivity contribution in [2.45, 2.75) is 44.3 Å². The van der Waals surface area contributed by atoms with Gasteiger partial charge in [-0.05, 0) is 25.8 Å². The lowest BCUT2D eigenvalue weighted by molar-refractivity contribution is -0.125. The molecule has 2 N–H and O–H groups in total. The molecule has 0 aromatic carbocycles. The van der Waals surface area contributed by atoms with Gasteiger partial charge in [-0.1, -0.05) is 13.3 Å². The largest absolute Gasteiger partial charge is 0.401 e. The Bertz CT molecular complexity index is 186. The summed E-state index contributed by atoms with van der Waals surface area (Å²) in [7, 11) is 0.